The Morgan fingerprint density at radius 2 is 1.68 bits per heavy atom. The Bertz CT molecular complexity index is 1150. The molecule has 0 heterocycles. The second-order valence-corrected chi connectivity index (χ2v) is 7.47. The predicted octanol–water partition coefficient (Wildman–Crippen LogP) is 3.82. The van der Waals surface area contributed by atoms with Crippen LogP contribution in [0.1, 0.15) is 21.5 Å². The lowest BCUT2D eigenvalue weighted by molar-refractivity contribution is -0.120. The van der Waals surface area contributed by atoms with E-state index < -0.39 is 5.91 Å². The van der Waals surface area contributed by atoms with E-state index in [4.69, 9.17) is 25.8 Å². The Morgan fingerprint density at radius 1 is 0.941 bits per heavy atom. The summed E-state index contributed by atoms with van der Waals surface area (Å²) in [6.07, 6.45) is 1.47. The van der Waals surface area contributed by atoms with Gasteiger partial charge in [-0.15, -0.1) is 0 Å². The molecule has 0 fully saturated rings. The topological polar surface area (TPSA) is 98.2 Å². The van der Waals surface area contributed by atoms with E-state index in [9.17, 15) is 9.59 Å². The summed E-state index contributed by atoms with van der Waals surface area (Å²) in [6, 6.07) is 19.2. The number of rotatable bonds is 10. The molecule has 0 radical (unpaired) electrons. The Labute approximate surface area is 202 Å². The van der Waals surface area contributed by atoms with Crippen LogP contribution in [0.25, 0.3) is 0 Å². The lowest BCUT2D eigenvalue weighted by atomic mass is 10.2. The summed E-state index contributed by atoms with van der Waals surface area (Å²) < 4.78 is 16.3. The molecule has 0 bridgehead atoms. The third kappa shape index (κ3) is 7.25. The Kier molecular flexibility index (Phi) is 8.88. The van der Waals surface area contributed by atoms with Crippen LogP contribution in [-0.2, 0) is 11.4 Å². The molecule has 3 rings (SSSR count). The van der Waals surface area contributed by atoms with Gasteiger partial charge in [-0.1, -0.05) is 23.7 Å². The van der Waals surface area contributed by atoms with Gasteiger partial charge in [0.05, 0.1) is 27.0 Å². The van der Waals surface area contributed by atoms with Crippen molar-refractivity contribution in [3.8, 4) is 17.2 Å². The number of halogens is 1. The maximum Gasteiger partial charge on any atom is 0.259 e. The third-order valence-corrected chi connectivity index (χ3v) is 4.91. The van der Waals surface area contributed by atoms with Crippen molar-refractivity contribution in [2.45, 2.75) is 6.61 Å². The van der Waals surface area contributed by atoms with Crippen LogP contribution in [0.3, 0.4) is 0 Å². The van der Waals surface area contributed by atoms with E-state index in [0.717, 1.165) is 5.56 Å². The van der Waals surface area contributed by atoms with Gasteiger partial charge in [-0.25, -0.2) is 5.43 Å². The van der Waals surface area contributed by atoms with Crippen molar-refractivity contribution in [3.05, 3.63) is 88.4 Å². The first-order valence-corrected chi connectivity index (χ1v) is 10.7. The molecule has 34 heavy (non-hydrogen) atoms. The van der Waals surface area contributed by atoms with Crippen LogP contribution >= 0.6 is 11.6 Å². The zero-order valence-corrected chi connectivity index (χ0v) is 19.5. The second kappa shape index (κ2) is 12.3. The summed E-state index contributed by atoms with van der Waals surface area (Å²) >= 11 is 5.90. The van der Waals surface area contributed by atoms with Crippen molar-refractivity contribution >= 4 is 29.6 Å². The van der Waals surface area contributed by atoms with Crippen molar-refractivity contribution in [1.82, 2.24) is 10.7 Å². The van der Waals surface area contributed by atoms with Crippen LogP contribution in [0.4, 0.5) is 0 Å². The van der Waals surface area contributed by atoms with Crippen molar-refractivity contribution in [3.63, 3.8) is 0 Å². The van der Waals surface area contributed by atoms with E-state index in [1.807, 2.05) is 12.1 Å². The molecule has 0 saturated heterocycles. The largest absolute Gasteiger partial charge is 0.497 e. The maximum atomic E-state index is 12.1. The number of methoxy groups -OCH3 is 2. The number of carbonyl (C=O) groups excluding carboxylic acids is 2. The minimum atomic E-state index is -0.465. The highest BCUT2D eigenvalue weighted by Gasteiger charge is 2.08. The van der Waals surface area contributed by atoms with Gasteiger partial charge in [-0.05, 0) is 65.7 Å². The third-order valence-electron chi connectivity index (χ3n) is 4.66. The van der Waals surface area contributed by atoms with Crippen LogP contribution in [0.5, 0.6) is 17.2 Å². The molecule has 0 unspecified atom stereocenters. The number of ether oxygens (including phenoxy) is 3. The number of hydrogen-bond donors (Lipinski definition) is 2. The van der Waals surface area contributed by atoms with Crippen LogP contribution in [0.15, 0.2) is 71.8 Å². The molecule has 0 aliphatic heterocycles. The molecule has 2 amide bonds. The van der Waals surface area contributed by atoms with Gasteiger partial charge < -0.3 is 19.5 Å². The number of hydrogen-bond acceptors (Lipinski definition) is 6. The summed E-state index contributed by atoms with van der Waals surface area (Å²) in [4.78, 5) is 24.1. The van der Waals surface area contributed by atoms with Crippen LogP contribution < -0.4 is 25.0 Å². The predicted molar refractivity (Wildman–Crippen MR) is 130 cm³/mol. The number of amides is 2. The Balaban J connectivity index is 1.48. The van der Waals surface area contributed by atoms with Crippen molar-refractivity contribution < 1.29 is 23.8 Å². The molecule has 0 aliphatic rings. The number of carbonyl (C=O) groups is 2. The minimum Gasteiger partial charge on any atom is -0.497 e. The first-order valence-electron chi connectivity index (χ1n) is 10.3. The van der Waals surface area contributed by atoms with Gasteiger partial charge in [0.1, 0.15) is 12.4 Å². The fourth-order valence-corrected chi connectivity index (χ4v) is 2.97. The molecule has 0 saturated carbocycles. The number of hydrazone groups is 1. The molecule has 3 aromatic carbocycles. The zero-order valence-electron chi connectivity index (χ0n) is 18.7. The van der Waals surface area contributed by atoms with E-state index >= 15 is 0 Å². The molecule has 9 heteroatoms. The number of benzene rings is 3. The van der Waals surface area contributed by atoms with Crippen molar-refractivity contribution in [2.75, 3.05) is 20.8 Å². The zero-order chi connectivity index (χ0) is 24.3. The van der Waals surface area contributed by atoms with E-state index in [1.165, 1.54) is 6.21 Å². The van der Waals surface area contributed by atoms with Crippen LogP contribution in [0.2, 0.25) is 5.02 Å². The van der Waals surface area contributed by atoms with Crippen molar-refractivity contribution in [2.24, 2.45) is 5.10 Å². The average Bonchev–Trinajstić information content (AvgIpc) is 2.87. The Morgan fingerprint density at radius 3 is 2.35 bits per heavy atom. The normalized spacial score (nSPS) is 10.6. The smallest absolute Gasteiger partial charge is 0.259 e. The molecule has 2 N–H and O–H groups in total. The minimum absolute atomic E-state index is 0.219. The highest BCUT2D eigenvalue weighted by Crippen LogP contribution is 2.28. The fourth-order valence-electron chi connectivity index (χ4n) is 2.85. The fraction of sp³-hybridized carbons (Fsp3) is 0.160. The Hall–Kier alpha value is -4.04. The second-order valence-electron chi connectivity index (χ2n) is 7.03. The standard InChI is InChI=1S/C25H24ClN3O5/c1-32-21-10-6-19(7-11-21)25(31)27-15-24(30)29-28-14-18-5-12-22(23(13-18)33-2)34-16-17-3-8-20(26)9-4-17/h3-14H,15-16H2,1-2H3,(H,27,31)(H,29,30)/b28-14+. The lowest BCUT2D eigenvalue weighted by Gasteiger charge is -2.11. The molecular weight excluding hydrogens is 458 g/mol. The SMILES string of the molecule is COc1ccc(C(=O)NCC(=O)N/N=C/c2ccc(OCc3ccc(Cl)cc3)c(OC)c2)cc1. The summed E-state index contributed by atoms with van der Waals surface area (Å²) in [5.74, 6) is 0.894. The summed E-state index contributed by atoms with van der Waals surface area (Å²) in [6.45, 7) is 0.141. The number of nitrogens with zero attached hydrogens (tertiary/aromatic N) is 1. The molecule has 0 spiro atoms. The van der Waals surface area contributed by atoms with E-state index in [-0.39, 0.29) is 12.5 Å². The van der Waals surface area contributed by atoms with Crippen LogP contribution in [0, 0.1) is 0 Å². The van der Waals surface area contributed by atoms with Gasteiger partial charge in [0.2, 0.25) is 0 Å². The van der Waals surface area contributed by atoms with Crippen LogP contribution in [-0.4, -0.2) is 38.8 Å². The van der Waals surface area contributed by atoms with Crippen molar-refractivity contribution in [1.29, 1.82) is 0 Å². The van der Waals surface area contributed by atoms with E-state index in [0.29, 0.717) is 40.0 Å². The molecule has 0 aromatic heterocycles. The summed E-state index contributed by atoms with van der Waals surface area (Å²) in [7, 11) is 3.08. The number of nitrogens with one attached hydrogen (secondary N) is 2. The molecule has 0 atom stereocenters. The highest BCUT2D eigenvalue weighted by atomic mass is 35.5. The maximum absolute atomic E-state index is 12.1. The molecule has 176 valence electrons. The van der Waals surface area contributed by atoms with Gasteiger partial charge >= 0.3 is 0 Å². The molecule has 8 nitrogen and oxygen atoms in total. The monoisotopic (exact) mass is 481 g/mol. The lowest BCUT2D eigenvalue weighted by Crippen LogP contribution is -2.34. The van der Waals surface area contributed by atoms with Gasteiger partial charge in [0.25, 0.3) is 11.8 Å². The van der Waals surface area contributed by atoms with E-state index in [1.54, 1.807) is 68.8 Å². The molecule has 3 aromatic rings. The van der Waals surface area contributed by atoms with Gasteiger partial charge in [0, 0.05) is 10.6 Å². The molecular formula is C25H24ClN3O5. The first-order chi connectivity index (χ1) is 16.5. The highest BCUT2D eigenvalue weighted by molar-refractivity contribution is 6.30. The van der Waals surface area contributed by atoms with Gasteiger partial charge in [-0.3, -0.25) is 9.59 Å². The van der Waals surface area contributed by atoms with Gasteiger partial charge in [-0.2, -0.15) is 5.10 Å². The first kappa shape index (κ1) is 24.6. The summed E-state index contributed by atoms with van der Waals surface area (Å²) in [5.41, 5.74) is 4.46. The average molecular weight is 482 g/mol. The molecule has 0 aliphatic carbocycles. The van der Waals surface area contributed by atoms with Gasteiger partial charge in [0.15, 0.2) is 11.5 Å². The van der Waals surface area contributed by atoms with E-state index in [2.05, 4.69) is 15.8 Å². The summed E-state index contributed by atoms with van der Waals surface area (Å²) in [5, 5.41) is 7.12. The quantitative estimate of drug-likeness (QED) is 0.339.